The standard InChI is InChI=1S/C21H28BN5O3/c1-20(2)21(3,4)30-22(29-20)16-12-25-19-15(8-10-24-19)18(16)26-14-6-5-11-27(13-14)17(28)7-9-23/h8,10,12,14H,5-7,11,13H2,1-4H3,(H2,24,25,26). The number of aromatic nitrogens is 2. The van der Waals surface area contributed by atoms with Gasteiger partial charge in [0.15, 0.2) is 0 Å². The molecule has 2 aromatic rings. The zero-order chi connectivity index (χ0) is 21.5. The summed E-state index contributed by atoms with van der Waals surface area (Å²) in [4.78, 5) is 21.7. The van der Waals surface area contributed by atoms with E-state index in [2.05, 4.69) is 15.3 Å². The van der Waals surface area contributed by atoms with E-state index in [1.807, 2.05) is 46.0 Å². The minimum absolute atomic E-state index is 0.0723. The largest absolute Gasteiger partial charge is 0.498 e. The highest BCUT2D eigenvalue weighted by atomic mass is 16.7. The van der Waals surface area contributed by atoms with Gasteiger partial charge in [-0.1, -0.05) is 0 Å². The number of rotatable bonds is 4. The molecular weight excluding hydrogens is 381 g/mol. The van der Waals surface area contributed by atoms with Crippen LogP contribution in [-0.2, 0) is 14.1 Å². The number of amides is 1. The smallest absolute Gasteiger partial charge is 0.399 e. The number of H-pyrrole nitrogens is 1. The molecule has 0 aliphatic carbocycles. The third-order valence-electron chi connectivity index (χ3n) is 6.48. The molecule has 1 amide bonds. The molecule has 2 saturated heterocycles. The van der Waals surface area contributed by atoms with E-state index in [0.29, 0.717) is 13.1 Å². The Labute approximate surface area is 177 Å². The Bertz CT molecular complexity index is 980. The maximum Gasteiger partial charge on any atom is 0.498 e. The number of aromatic amines is 1. The molecule has 2 aliphatic heterocycles. The van der Waals surface area contributed by atoms with Crippen LogP contribution in [0.25, 0.3) is 11.0 Å². The normalized spacial score (nSPS) is 22.8. The van der Waals surface area contributed by atoms with E-state index in [9.17, 15) is 4.79 Å². The van der Waals surface area contributed by atoms with Gasteiger partial charge in [-0.25, -0.2) is 4.98 Å². The SMILES string of the molecule is CC1(C)OB(c2cnc3[nH]ccc3c2NC2CCCN(C(=O)CC#N)C2)OC1(C)C. The molecule has 2 aromatic heterocycles. The van der Waals surface area contributed by atoms with Crippen molar-refractivity contribution in [3.8, 4) is 6.07 Å². The minimum Gasteiger partial charge on any atom is -0.399 e. The first-order valence-corrected chi connectivity index (χ1v) is 10.4. The molecule has 0 bridgehead atoms. The Kier molecular flexibility index (Phi) is 5.24. The van der Waals surface area contributed by atoms with Gasteiger partial charge < -0.3 is 24.5 Å². The number of nitrogens with one attached hydrogen (secondary N) is 2. The van der Waals surface area contributed by atoms with Gasteiger partial charge in [-0.15, -0.1) is 0 Å². The second kappa shape index (κ2) is 7.60. The van der Waals surface area contributed by atoms with Crippen molar-refractivity contribution in [1.29, 1.82) is 5.26 Å². The van der Waals surface area contributed by atoms with Gasteiger partial charge in [0.2, 0.25) is 5.91 Å². The van der Waals surface area contributed by atoms with Gasteiger partial charge in [0.1, 0.15) is 12.1 Å². The van der Waals surface area contributed by atoms with Crippen LogP contribution in [0.5, 0.6) is 0 Å². The first kappa shape index (κ1) is 20.7. The van der Waals surface area contributed by atoms with Crippen molar-refractivity contribution >= 4 is 35.2 Å². The fourth-order valence-corrected chi connectivity index (χ4v) is 4.04. The summed E-state index contributed by atoms with van der Waals surface area (Å²) in [6, 6.07) is 4.01. The molecule has 30 heavy (non-hydrogen) atoms. The lowest BCUT2D eigenvalue weighted by atomic mass is 9.78. The number of anilines is 1. The molecule has 0 saturated carbocycles. The summed E-state index contributed by atoms with van der Waals surface area (Å²) in [7, 11) is -0.538. The molecule has 1 unspecified atom stereocenters. The lowest BCUT2D eigenvalue weighted by molar-refractivity contribution is -0.131. The number of carbonyl (C=O) groups is 1. The molecule has 4 rings (SSSR count). The summed E-state index contributed by atoms with van der Waals surface area (Å²) in [6.45, 7) is 9.38. The van der Waals surface area contributed by atoms with E-state index in [-0.39, 0.29) is 18.4 Å². The fraction of sp³-hybridized carbons (Fsp3) is 0.571. The zero-order valence-electron chi connectivity index (χ0n) is 18.0. The Morgan fingerprint density at radius 3 is 2.83 bits per heavy atom. The topological polar surface area (TPSA) is 103 Å². The van der Waals surface area contributed by atoms with Crippen molar-refractivity contribution in [2.75, 3.05) is 18.4 Å². The molecule has 8 nitrogen and oxygen atoms in total. The third-order valence-corrected chi connectivity index (χ3v) is 6.48. The van der Waals surface area contributed by atoms with Crippen LogP contribution in [-0.4, -0.2) is 58.2 Å². The highest BCUT2D eigenvalue weighted by molar-refractivity contribution is 6.64. The maximum atomic E-state index is 12.2. The van der Waals surface area contributed by atoms with Crippen molar-refractivity contribution in [2.24, 2.45) is 0 Å². The Morgan fingerprint density at radius 2 is 2.13 bits per heavy atom. The number of nitrogens with zero attached hydrogens (tertiary/aromatic N) is 3. The first-order valence-electron chi connectivity index (χ1n) is 10.4. The Morgan fingerprint density at radius 1 is 1.40 bits per heavy atom. The first-order chi connectivity index (χ1) is 14.2. The maximum absolute atomic E-state index is 12.2. The minimum atomic E-state index is -0.538. The predicted molar refractivity (Wildman–Crippen MR) is 115 cm³/mol. The van der Waals surface area contributed by atoms with Crippen molar-refractivity contribution in [2.45, 2.75) is 64.2 Å². The van der Waals surface area contributed by atoms with E-state index in [1.54, 1.807) is 11.1 Å². The van der Waals surface area contributed by atoms with E-state index < -0.39 is 18.3 Å². The molecule has 2 N–H and O–H groups in total. The molecular formula is C21H28BN5O3. The number of hydrogen-bond acceptors (Lipinski definition) is 6. The third kappa shape index (κ3) is 3.66. The summed E-state index contributed by atoms with van der Waals surface area (Å²) in [6.07, 6.45) is 5.41. The van der Waals surface area contributed by atoms with Gasteiger partial charge in [0.05, 0.1) is 17.3 Å². The molecule has 1 atom stereocenters. The van der Waals surface area contributed by atoms with Crippen LogP contribution in [0, 0.1) is 11.3 Å². The molecule has 2 fully saturated rings. The Balaban J connectivity index is 1.64. The molecule has 0 radical (unpaired) electrons. The van der Waals surface area contributed by atoms with Gasteiger partial charge in [0.25, 0.3) is 0 Å². The quantitative estimate of drug-likeness (QED) is 0.751. The van der Waals surface area contributed by atoms with Crippen molar-refractivity contribution in [1.82, 2.24) is 14.9 Å². The van der Waals surface area contributed by atoms with Gasteiger partial charge in [-0.3, -0.25) is 4.79 Å². The lowest BCUT2D eigenvalue weighted by Crippen LogP contribution is -2.46. The summed E-state index contributed by atoms with van der Waals surface area (Å²) in [5.41, 5.74) is 1.65. The van der Waals surface area contributed by atoms with Crippen LogP contribution in [0.3, 0.4) is 0 Å². The van der Waals surface area contributed by atoms with Crippen molar-refractivity contribution < 1.29 is 14.1 Å². The summed E-state index contributed by atoms with van der Waals surface area (Å²) in [5, 5.41) is 13.5. The van der Waals surface area contributed by atoms with Crippen LogP contribution < -0.4 is 10.8 Å². The number of nitriles is 1. The molecule has 158 valence electrons. The van der Waals surface area contributed by atoms with Gasteiger partial charge in [-0.2, -0.15) is 5.26 Å². The second-order valence-corrected chi connectivity index (χ2v) is 9.07. The molecule has 2 aliphatic rings. The number of hydrogen-bond donors (Lipinski definition) is 2. The summed E-state index contributed by atoms with van der Waals surface area (Å²) >= 11 is 0. The Hall–Kier alpha value is -2.57. The van der Waals surface area contributed by atoms with Crippen LogP contribution in [0.4, 0.5) is 5.69 Å². The molecule has 0 aromatic carbocycles. The number of likely N-dealkylation sites (tertiary alicyclic amines) is 1. The van der Waals surface area contributed by atoms with E-state index in [4.69, 9.17) is 14.6 Å². The number of fused-ring (bicyclic) bond motifs is 1. The van der Waals surface area contributed by atoms with E-state index in [1.165, 1.54) is 0 Å². The van der Waals surface area contributed by atoms with Gasteiger partial charge in [-0.05, 0) is 46.6 Å². The molecule has 4 heterocycles. The number of carbonyl (C=O) groups excluding carboxylic acids is 1. The second-order valence-electron chi connectivity index (χ2n) is 9.07. The fourth-order valence-electron chi connectivity index (χ4n) is 4.04. The lowest BCUT2D eigenvalue weighted by Gasteiger charge is -2.34. The van der Waals surface area contributed by atoms with Crippen LogP contribution in [0.2, 0.25) is 0 Å². The van der Waals surface area contributed by atoms with Crippen LogP contribution in [0.15, 0.2) is 18.5 Å². The highest BCUT2D eigenvalue weighted by Crippen LogP contribution is 2.37. The predicted octanol–water partition coefficient (Wildman–Crippen LogP) is 2.18. The van der Waals surface area contributed by atoms with Crippen molar-refractivity contribution in [3.63, 3.8) is 0 Å². The van der Waals surface area contributed by atoms with Crippen LogP contribution >= 0.6 is 0 Å². The summed E-state index contributed by atoms with van der Waals surface area (Å²) < 4.78 is 12.6. The highest BCUT2D eigenvalue weighted by Gasteiger charge is 2.52. The summed E-state index contributed by atoms with van der Waals surface area (Å²) in [5.74, 6) is -0.114. The number of piperidine rings is 1. The van der Waals surface area contributed by atoms with Crippen LogP contribution in [0.1, 0.15) is 47.0 Å². The van der Waals surface area contributed by atoms with E-state index in [0.717, 1.165) is 35.0 Å². The zero-order valence-corrected chi connectivity index (χ0v) is 18.0. The van der Waals surface area contributed by atoms with E-state index >= 15 is 0 Å². The molecule has 0 spiro atoms. The average molecular weight is 409 g/mol. The van der Waals surface area contributed by atoms with Gasteiger partial charge >= 0.3 is 7.12 Å². The molecule has 9 heteroatoms. The number of pyridine rings is 1. The van der Waals surface area contributed by atoms with Crippen molar-refractivity contribution in [3.05, 3.63) is 18.5 Å². The average Bonchev–Trinajstić information content (AvgIpc) is 3.24. The monoisotopic (exact) mass is 409 g/mol. The van der Waals surface area contributed by atoms with Gasteiger partial charge in [0, 0.05) is 48.1 Å².